The molecule has 0 unspecified atom stereocenters. The summed E-state index contributed by atoms with van der Waals surface area (Å²) in [5, 5.41) is 7.66. The predicted octanol–water partition coefficient (Wildman–Crippen LogP) is 6.20. The average Bonchev–Trinajstić information content (AvgIpc) is 3.36. The van der Waals surface area contributed by atoms with E-state index in [1.807, 2.05) is 36.6 Å². The monoisotopic (exact) mass is 448 g/mol. The Morgan fingerprint density at radius 2 is 1.84 bits per heavy atom. The Balaban J connectivity index is 1.64. The first-order chi connectivity index (χ1) is 15.2. The van der Waals surface area contributed by atoms with Gasteiger partial charge in [0.05, 0.1) is 22.4 Å². The van der Waals surface area contributed by atoms with Gasteiger partial charge in [-0.05, 0) is 75.0 Å². The SMILES string of the molecule is Cc1nc2ccc(C(=O)Nc3cc(-c4cccs4)ccc3NC(=O)OC(C)(C)C)cc2[nH]1. The normalized spacial score (nSPS) is 11.4. The molecule has 0 fully saturated rings. The van der Waals surface area contributed by atoms with Gasteiger partial charge in [-0.25, -0.2) is 9.78 Å². The zero-order valence-electron chi connectivity index (χ0n) is 18.3. The van der Waals surface area contributed by atoms with Crippen molar-refractivity contribution in [1.82, 2.24) is 9.97 Å². The number of aromatic amines is 1. The maximum Gasteiger partial charge on any atom is 0.412 e. The van der Waals surface area contributed by atoms with Gasteiger partial charge in [-0.1, -0.05) is 12.1 Å². The lowest BCUT2D eigenvalue weighted by Crippen LogP contribution is -2.27. The molecular weight excluding hydrogens is 424 g/mol. The predicted molar refractivity (Wildman–Crippen MR) is 128 cm³/mol. The largest absolute Gasteiger partial charge is 0.444 e. The summed E-state index contributed by atoms with van der Waals surface area (Å²) >= 11 is 1.60. The number of rotatable bonds is 4. The smallest absolute Gasteiger partial charge is 0.412 e. The van der Waals surface area contributed by atoms with Crippen LogP contribution in [0.4, 0.5) is 16.2 Å². The highest BCUT2D eigenvalue weighted by molar-refractivity contribution is 7.13. The summed E-state index contributed by atoms with van der Waals surface area (Å²) in [7, 11) is 0. The molecule has 2 aromatic heterocycles. The van der Waals surface area contributed by atoms with Crippen molar-refractivity contribution in [1.29, 1.82) is 0 Å². The van der Waals surface area contributed by atoms with Gasteiger partial charge in [0.15, 0.2) is 0 Å². The van der Waals surface area contributed by atoms with E-state index in [1.54, 1.807) is 56.4 Å². The van der Waals surface area contributed by atoms with E-state index in [0.29, 0.717) is 16.9 Å². The Morgan fingerprint density at radius 3 is 2.56 bits per heavy atom. The number of hydrogen-bond donors (Lipinski definition) is 3. The first-order valence-corrected chi connectivity index (χ1v) is 11.0. The maximum absolute atomic E-state index is 13.0. The molecule has 164 valence electrons. The second-order valence-corrected chi connectivity index (χ2v) is 9.32. The zero-order valence-corrected chi connectivity index (χ0v) is 19.1. The number of aromatic nitrogens is 2. The van der Waals surface area contributed by atoms with E-state index in [9.17, 15) is 9.59 Å². The van der Waals surface area contributed by atoms with E-state index < -0.39 is 11.7 Å². The molecule has 0 aliphatic rings. The second-order valence-electron chi connectivity index (χ2n) is 8.37. The molecule has 3 N–H and O–H groups in total. The van der Waals surface area contributed by atoms with Crippen LogP contribution in [0, 0.1) is 6.92 Å². The van der Waals surface area contributed by atoms with Crippen LogP contribution in [-0.2, 0) is 4.74 Å². The van der Waals surface area contributed by atoms with Crippen LogP contribution in [-0.4, -0.2) is 27.6 Å². The van der Waals surface area contributed by atoms with Gasteiger partial charge < -0.3 is 15.0 Å². The number of nitrogens with zero attached hydrogens (tertiary/aromatic N) is 1. The minimum atomic E-state index is -0.637. The van der Waals surface area contributed by atoms with Crippen molar-refractivity contribution in [2.24, 2.45) is 0 Å². The lowest BCUT2D eigenvalue weighted by Gasteiger charge is -2.21. The first kappa shape index (κ1) is 21.6. The molecule has 2 heterocycles. The average molecular weight is 449 g/mol. The standard InChI is InChI=1S/C24H24N4O3S/c1-14-25-17-10-8-16(13-19(17)26-14)22(29)27-20-12-15(21-6-5-11-32-21)7-9-18(20)28-23(30)31-24(2,3)4/h5-13H,1-4H3,(H,25,26)(H,27,29)(H,28,30). The molecule has 4 aromatic rings. The molecule has 0 saturated carbocycles. The van der Waals surface area contributed by atoms with Gasteiger partial charge in [0.2, 0.25) is 0 Å². The minimum absolute atomic E-state index is 0.297. The van der Waals surface area contributed by atoms with Crippen LogP contribution in [0.15, 0.2) is 53.9 Å². The second kappa shape index (κ2) is 8.47. The summed E-state index contributed by atoms with van der Waals surface area (Å²) < 4.78 is 5.37. The van der Waals surface area contributed by atoms with Crippen molar-refractivity contribution in [2.75, 3.05) is 10.6 Å². The van der Waals surface area contributed by atoms with Crippen LogP contribution < -0.4 is 10.6 Å². The molecular formula is C24H24N4O3S. The number of ether oxygens (including phenoxy) is 1. The molecule has 0 saturated heterocycles. The van der Waals surface area contributed by atoms with Crippen LogP contribution in [0.2, 0.25) is 0 Å². The van der Waals surface area contributed by atoms with Gasteiger partial charge in [0.1, 0.15) is 11.4 Å². The maximum atomic E-state index is 13.0. The molecule has 0 spiro atoms. The van der Waals surface area contributed by atoms with Gasteiger partial charge in [-0.15, -0.1) is 11.3 Å². The third kappa shape index (κ3) is 4.97. The van der Waals surface area contributed by atoms with Crippen molar-refractivity contribution in [3.8, 4) is 10.4 Å². The third-order valence-corrected chi connectivity index (χ3v) is 5.49. The van der Waals surface area contributed by atoms with Crippen molar-refractivity contribution < 1.29 is 14.3 Å². The van der Waals surface area contributed by atoms with Gasteiger partial charge >= 0.3 is 6.09 Å². The van der Waals surface area contributed by atoms with Crippen molar-refractivity contribution in [2.45, 2.75) is 33.3 Å². The van der Waals surface area contributed by atoms with Gasteiger partial charge in [-0.3, -0.25) is 10.1 Å². The van der Waals surface area contributed by atoms with E-state index in [1.165, 1.54) is 0 Å². The zero-order chi connectivity index (χ0) is 22.9. The van der Waals surface area contributed by atoms with Crippen LogP contribution in [0.25, 0.3) is 21.5 Å². The van der Waals surface area contributed by atoms with Crippen LogP contribution in [0.3, 0.4) is 0 Å². The third-order valence-electron chi connectivity index (χ3n) is 4.57. The Morgan fingerprint density at radius 1 is 1.03 bits per heavy atom. The summed E-state index contributed by atoms with van der Waals surface area (Å²) in [6, 6.07) is 14.7. The topological polar surface area (TPSA) is 96.1 Å². The number of aryl methyl sites for hydroxylation is 1. The summed E-state index contributed by atoms with van der Waals surface area (Å²) in [6.45, 7) is 7.25. The Kier molecular flexibility index (Phi) is 5.71. The molecule has 0 aliphatic carbocycles. The Labute approximate surface area is 189 Å². The number of amides is 2. The number of carbonyl (C=O) groups excluding carboxylic acids is 2. The molecule has 8 heteroatoms. The van der Waals surface area contributed by atoms with E-state index in [-0.39, 0.29) is 5.91 Å². The molecule has 2 aromatic carbocycles. The molecule has 0 radical (unpaired) electrons. The van der Waals surface area contributed by atoms with Crippen molar-refractivity contribution >= 4 is 45.7 Å². The lowest BCUT2D eigenvalue weighted by molar-refractivity contribution is 0.0635. The van der Waals surface area contributed by atoms with Gasteiger partial charge in [0, 0.05) is 10.4 Å². The number of benzene rings is 2. The van der Waals surface area contributed by atoms with Crippen LogP contribution in [0.5, 0.6) is 0 Å². The molecule has 4 rings (SSSR count). The number of thiophene rings is 1. The Hall–Kier alpha value is -3.65. The number of fused-ring (bicyclic) bond motifs is 1. The van der Waals surface area contributed by atoms with Gasteiger partial charge in [-0.2, -0.15) is 0 Å². The molecule has 32 heavy (non-hydrogen) atoms. The fourth-order valence-corrected chi connectivity index (χ4v) is 3.96. The fourth-order valence-electron chi connectivity index (χ4n) is 3.24. The van der Waals surface area contributed by atoms with Crippen LogP contribution >= 0.6 is 11.3 Å². The van der Waals surface area contributed by atoms with Crippen molar-refractivity contribution in [3.05, 3.63) is 65.3 Å². The number of anilines is 2. The van der Waals surface area contributed by atoms with Crippen LogP contribution in [0.1, 0.15) is 37.0 Å². The molecule has 0 aliphatic heterocycles. The molecule has 0 bridgehead atoms. The van der Waals surface area contributed by atoms with E-state index in [4.69, 9.17) is 4.74 Å². The molecule has 2 amide bonds. The Bertz CT molecular complexity index is 1290. The first-order valence-electron chi connectivity index (χ1n) is 10.1. The van der Waals surface area contributed by atoms with Crippen molar-refractivity contribution in [3.63, 3.8) is 0 Å². The highest BCUT2D eigenvalue weighted by atomic mass is 32.1. The lowest BCUT2D eigenvalue weighted by atomic mass is 10.1. The summed E-state index contributed by atoms with van der Waals surface area (Å²) in [4.78, 5) is 33.9. The highest BCUT2D eigenvalue weighted by Crippen LogP contribution is 2.32. The number of nitrogens with one attached hydrogen (secondary N) is 3. The number of H-pyrrole nitrogens is 1. The van der Waals surface area contributed by atoms with E-state index in [2.05, 4.69) is 20.6 Å². The molecule has 7 nitrogen and oxygen atoms in total. The number of imidazole rings is 1. The highest BCUT2D eigenvalue weighted by Gasteiger charge is 2.19. The number of hydrogen-bond acceptors (Lipinski definition) is 5. The minimum Gasteiger partial charge on any atom is -0.444 e. The van der Waals surface area contributed by atoms with E-state index in [0.717, 1.165) is 27.3 Å². The summed E-state index contributed by atoms with van der Waals surface area (Å²) in [5.74, 6) is 0.486. The van der Waals surface area contributed by atoms with E-state index >= 15 is 0 Å². The number of carbonyl (C=O) groups is 2. The summed E-state index contributed by atoms with van der Waals surface area (Å²) in [5.41, 5.74) is 3.29. The summed E-state index contributed by atoms with van der Waals surface area (Å²) in [6.07, 6.45) is -0.591. The van der Waals surface area contributed by atoms with Gasteiger partial charge in [0.25, 0.3) is 5.91 Å². The fraction of sp³-hybridized carbons (Fsp3) is 0.208. The molecule has 0 atom stereocenters. The quantitative estimate of drug-likeness (QED) is 0.346.